The van der Waals surface area contributed by atoms with Crippen LogP contribution in [0.2, 0.25) is 0 Å². The van der Waals surface area contributed by atoms with E-state index in [1.54, 1.807) is 6.92 Å². The number of hydrogen-bond acceptors (Lipinski definition) is 5. The molecule has 1 atom stereocenters. The van der Waals surface area contributed by atoms with Crippen LogP contribution in [0.25, 0.3) is 0 Å². The van der Waals surface area contributed by atoms with Crippen molar-refractivity contribution in [1.29, 1.82) is 0 Å². The molecule has 0 fully saturated rings. The van der Waals surface area contributed by atoms with Gasteiger partial charge in [0.05, 0.1) is 6.61 Å². The van der Waals surface area contributed by atoms with Gasteiger partial charge in [-0.25, -0.2) is 0 Å². The molecular weight excluding hydrogens is 216 g/mol. The van der Waals surface area contributed by atoms with Crippen LogP contribution in [0, 0.1) is 0 Å². The van der Waals surface area contributed by atoms with E-state index in [2.05, 4.69) is 0 Å². The summed E-state index contributed by atoms with van der Waals surface area (Å²) in [6, 6.07) is 0. The van der Waals surface area contributed by atoms with Gasteiger partial charge in [-0.05, 0) is 20.3 Å². The number of rotatable bonds is 6. The number of Topliss-reactive ketones (excluding diaryl/α,β-unsaturated/α-hetero) is 1. The first-order chi connectivity index (χ1) is 6.97. The average Bonchev–Trinajstić information content (AvgIpc) is 2.11. The lowest BCUT2D eigenvalue weighted by molar-refractivity contribution is -0.142. The van der Waals surface area contributed by atoms with Crippen molar-refractivity contribution in [2.45, 2.75) is 38.9 Å². The lowest BCUT2D eigenvalue weighted by Gasteiger charge is -2.12. The third-order valence-electron chi connectivity index (χ3n) is 1.62. The van der Waals surface area contributed by atoms with Crippen molar-refractivity contribution in [1.82, 2.24) is 0 Å². The molecule has 4 nitrogen and oxygen atoms in total. The molecule has 0 radical (unpaired) electrons. The van der Waals surface area contributed by atoms with Crippen molar-refractivity contribution in [2.75, 3.05) is 6.61 Å². The van der Waals surface area contributed by atoms with Gasteiger partial charge in [0, 0.05) is 13.3 Å². The van der Waals surface area contributed by atoms with Crippen LogP contribution >= 0.6 is 11.8 Å². The molecule has 0 heterocycles. The largest absolute Gasteiger partial charge is 0.465 e. The third-order valence-corrected chi connectivity index (χ3v) is 2.66. The summed E-state index contributed by atoms with van der Waals surface area (Å²) in [6.45, 7) is 4.84. The molecule has 0 aromatic carbocycles. The number of thioether (sulfide) groups is 1. The van der Waals surface area contributed by atoms with Gasteiger partial charge in [-0.3, -0.25) is 9.59 Å². The van der Waals surface area contributed by atoms with E-state index >= 15 is 0 Å². The van der Waals surface area contributed by atoms with Crippen LogP contribution in [-0.2, 0) is 19.1 Å². The van der Waals surface area contributed by atoms with E-state index in [1.807, 2.05) is 0 Å². The van der Waals surface area contributed by atoms with E-state index in [0.29, 0.717) is 12.8 Å². The Morgan fingerprint density at radius 3 is 2.27 bits per heavy atom. The summed E-state index contributed by atoms with van der Waals surface area (Å²) in [5.74, 6) is -0.410. The molecule has 0 amide bonds. The monoisotopic (exact) mass is 232 g/mol. The molecule has 0 rings (SSSR count). The fraction of sp³-hybridized carbons (Fsp3) is 0.700. The highest BCUT2D eigenvalue weighted by Gasteiger charge is 2.22. The molecule has 1 unspecified atom stereocenters. The quantitative estimate of drug-likeness (QED) is 0.650. The minimum atomic E-state index is -0.550. The Balaban J connectivity index is 4.23. The van der Waals surface area contributed by atoms with Crippen LogP contribution in [0.3, 0.4) is 0 Å². The molecule has 15 heavy (non-hydrogen) atoms. The second-order valence-corrected chi connectivity index (χ2v) is 4.47. The van der Waals surface area contributed by atoms with Gasteiger partial charge >= 0.3 is 5.97 Å². The second kappa shape index (κ2) is 7.45. The smallest absolute Gasteiger partial charge is 0.319 e. The van der Waals surface area contributed by atoms with Gasteiger partial charge in [0.1, 0.15) is 11.0 Å². The van der Waals surface area contributed by atoms with Crippen molar-refractivity contribution in [3.8, 4) is 0 Å². The summed E-state index contributed by atoms with van der Waals surface area (Å²) >= 11 is 0.924. The van der Waals surface area contributed by atoms with E-state index in [1.165, 1.54) is 13.8 Å². The lowest BCUT2D eigenvalue weighted by atomic mass is 10.2. The zero-order chi connectivity index (χ0) is 11.8. The first-order valence-corrected chi connectivity index (χ1v) is 5.68. The molecule has 0 aromatic rings. The number of esters is 1. The van der Waals surface area contributed by atoms with Crippen molar-refractivity contribution in [2.24, 2.45) is 0 Å². The maximum absolute atomic E-state index is 11.4. The Bertz CT molecular complexity index is 250. The highest BCUT2D eigenvalue weighted by molar-refractivity contribution is 8.14. The second-order valence-electron chi connectivity index (χ2n) is 3.09. The minimum absolute atomic E-state index is 0.00782. The maximum Gasteiger partial charge on any atom is 0.319 e. The van der Waals surface area contributed by atoms with E-state index in [9.17, 15) is 14.4 Å². The number of carbonyl (C=O) groups excluding carboxylic acids is 3. The average molecular weight is 232 g/mol. The molecule has 0 aliphatic carbocycles. The number of hydrogen-bond donors (Lipinski definition) is 0. The van der Waals surface area contributed by atoms with Crippen molar-refractivity contribution < 1.29 is 19.1 Å². The minimum Gasteiger partial charge on any atom is -0.465 e. The van der Waals surface area contributed by atoms with Crippen LogP contribution < -0.4 is 0 Å². The van der Waals surface area contributed by atoms with Crippen LogP contribution in [0.1, 0.15) is 33.6 Å². The Morgan fingerprint density at radius 2 is 1.87 bits per heavy atom. The Labute approximate surface area is 93.7 Å². The van der Waals surface area contributed by atoms with Gasteiger partial charge in [0.2, 0.25) is 0 Å². The Kier molecular flexibility index (Phi) is 7.03. The van der Waals surface area contributed by atoms with E-state index in [0.717, 1.165) is 11.8 Å². The standard InChI is InChI=1S/C10H16O4S/c1-4-14-10(13)9(15-8(3)12)6-5-7(2)11/h9H,4-6H2,1-3H3. The van der Waals surface area contributed by atoms with Gasteiger partial charge < -0.3 is 9.53 Å². The normalized spacial score (nSPS) is 11.9. The van der Waals surface area contributed by atoms with Crippen molar-refractivity contribution in [3.63, 3.8) is 0 Å². The third kappa shape index (κ3) is 7.13. The fourth-order valence-electron chi connectivity index (χ4n) is 0.995. The first kappa shape index (κ1) is 14.2. The van der Waals surface area contributed by atoms with E-state index < -0.39 is 11.2 Å². The summed E-state index contributed by atoms with van der Waals surface area (Å²) in [5, 5.41) is -0.692. The summed E-state index contributed by atoms with van der Waals surface area (Å²) in [7, 11) is 0. The molecule has 0 N–H and O–H groups in total. The number of ether oxygens (including phenoxy) is 1. The fourth-order valence-corrected chi connectivity index (χ4v) is 1.80. The molecule has 0 bridgehead atoms. The van der Waals surface area contributed by atoms with Crippen molar-refractivity contribution >= 4 is 28.6 Å². The highest BCUT2D eigenvalue weighted by Crippen LogP contribution is 2.19. The zero-order valence-corrected chi connectivity index (χ0v) is 10.1. The molecule has 0 saturated carbocycles. The van der Waals surface area contributed by atoms with Gasteiger partial charge in [0.25, 0.3) is 0 Å². The predicted octanol–water partition coefficient (Wildman–Crippen LogP) is 1.57. The van der Waals surface area contributed by atoms with Gasteiger partial charge in [-0.2, -0.15) is 0 Å². The van der Waals surface area contributed by atoms with Crippen LogP contribution in [0.4, 0.5) is 0 Å². The Morgan fingerprint density at radius 1 is 1.27 bits per heavy atom. The van der Waals surface area contributed by atoms with Gasteiger partial charge in [0.15, 0.2) is 5.12 Å². The summed E-state index contributed by atoms with van der Waals surface area (Å²) < 4.78 is 4.81. The predicted molar refractivity (Wildman–Crippen MR) is 58.6 cm³/mol. The molecule has 5 heteroatoms. The SMILES string of the molecule is CCOC(=O)C(CCC(C)=O)SC(C)=O. The molecule has 0 aliphatic rings. The van der Waals surface area contributed by atoms with E-state index in [-0.39, 0.29) is 17.5 Å². The van der Waals surface area contributed by atoms with Crippen molar-refractivity contribution in [3.05, 3.63) is 0 Å². The summed E-state index contributed by atoms with van der Waals surface area (Å²) in [6.07, 6.45) is 0.655. The van der Waals surface area contributed by atoms with Crippen LogP contribution in [-0.4, -0.2) is 28.7 Å². The lowest BCUT2D eigenvalue weighted by Crippen LogP contribution is -2.22. The van der Waals surface area contributed by atoms with Crippen LogP contribution in [0.15, 0.2) is 0 Å². The van der Waals surface area contributed by atoms with Crippen LogP contribution in [0.5, 0.6) is 0 Å². The molecule has 86 valence electrons. The topological polar surface area (TPSA) is 60.4 Å². The molecule has 0 aliphatic heterocycles. The molecule has 0 aromatic heterocycles. The van der Waals surface area contributed by atoms with E-state index in [4.69, 9.17) is 4.74 Å². The zero-order valence-electron chi connectivity index (χ0n) is 9.24. The first-order valence-electron chi connectivity index (χ1n) is 4.80. The highest BCUT2D eigenvalue weighted by atomic mass is 32.2. The number of ketones is 1. The molecular formula is C10H16O4S. The number of carbonyl (C=O) groups is 3. The Hall–Kier alpha value is -0.840. The summed E-state index contributed by atoms with van der Waals surface area (Å²) in [5.41, 5.74) is 0. The molecule has 0 spiro atoms. The van der Waals surface area contributed by atoms with Gasteiger partial charge in [-0.1, -0.05) is 11.8 Å². The maximum atomic E-state index is 11.4. The van der Waals surface area contributed by atoms with Gasteiger partial charge in [-0.15, -0.1) is 0 Å². The summed E-state index contributed by atoms with van der Waals surface area (Å²) in [4.78, 5) is 33.0. The molecule has 0 saturated heterocycles.